The zero-order chi connectivity index (χ0) is 25.8. The molecule has 0 saturated heterocycles. The maximum atomic E-state index is 12.8. The maximum absolute atomic E-state index is 12.8. The van der Waals surface area contributed by atoms with E-state index in [1.807, 2.05) is 6.92 Å². The molecule has 0 heterocycles. The summed E-state index contributed by atoms with van der Waals surface area (Å²) in [4.78, 5) is 12.8. The van der Waals surface area contributed by atoms with E-state index in [4.69, 9.17) is 0 Å². The van der Waals surface area contributed by atoms with Crippen LogP contribution in [0.3, 0.4) is 0 Å². The van der Waals surface area contributed by atoms with E-state index in [1.165, 1.54) is 5.57 Å². The fraction of sp³-hybridized carbons (Fsp3) is 0.900. The van der Waals surface area contributed by atoms with Crippen molar-refractivity contribution in [3.63, 3.8) is 0 Å². The average molecular weight is 489 g/mol. The molecule has 5 nitrogen and oxygen atoms in total. The number of rotatable bonds is 2. The van der Waals surface area contributed by atoms with Gasteiger partial charge < -0.3 is 20.4 Å². The molecule has 5 aliphatic rings. The van der Waals surface area contributed by atoms with Gasteiger partial charge in [0.2, 0.25) is 0 Å². The van der Waals surface area contributed by atoms with Gasteiger partial charge in [-0.25, -0.2) is 0 Å². The monoisotopic (exact) mass is 488 g/mol. The Labute approximate surface area is 211 Å². The first-order valence-electron chi connectivity index (χ1n) is 14.1. The number of fused-ring (bicyclic) bond motifs is 7. The zero-order valence-corrected chi connectivity index (χ0v) is 22.7. The SMILES string of the molecule is C[C@@H]1CC[C@]2(C(=O)O)CC[C@]3(C)C(=CCC4[C@@]5(C)CC[C@H](O)[C@@](C)(CO)C5CC[C@]43C)C2[C@]1(C)O. The molecule has 0 bridgehead atoms. The van der Waals surface area contributed by atoms with Crippen molar-refractivity contribution in [2.45, 2.75) is 111 Å². The molecule has 11 atom stereocenters. The van der Waals surface area contributed by atoms with Crippen LogP contribution in [0.25, 0.3) is 0 Å². The van der Waals surface area contributed by atoms with Crippen LogP contribution in [0.2, 0.25) is 0 Å². The predicted octanol–water partition coefficient (Wildman–Crippen LogP) is 5.18. The largest absolute Gasteiger partial charge is 0.481 e. The van der Waals surface area contributed by atoms with Crippen LogP contribution in [0, 0.1) is 50.7 Å². The molecule has 35 heavy (non-hydrogen) atoms. The highest BCUT2D eigenvalue weighted by molar-refractivity contribution is 5.77. The van der Waals surface area contributed by atoms with Crippen molar-refractivity contribution in [2.24, 2.45) is 50.7 Å². The van der Waals surface area contributed by atoms with E-state index >= 15 is 0 Å². The van der Waals surface area contributed by atoms with Crippen molar-refractivity contribution in [2.75, 3.05) is 6.61 Å². The van der Waals surface area contributed by atoms with Gasteiger partial charge >= 0.3 is 5.97 Å². The van der Waals surface area contributed by atoms with E-state index < -0.39 is 28.5 Å². The molecule has 5 rings (SSSR count). The van der Waals surface area contributed by atoms with E-state index in [2.05, 4.69) is 40.7 Å². The number of carbonyl (C=O) groups is 1. The number of carboxylic acid groups (broad SMARTS) is 1. The van der Waals surface area contributed by atoms with Crippen molar-refractivity contribution in [3.05, 3.63) is 11.6 Å². The summed E-state index contributed by atoms with van der Waals surface area (Å²) in [7, 11) is 0. The minimum atomic E-state index is -1.04. The second-order valence-electron chi connectivity index (χ2n) is 14.6. The first kappa shape index (κ1) is 25.7. The van der Waals surface area contributed by atoms with Gasteiger partial charge in [-0.05, 0) is 98.7 Å². The summed E-state index contributed by atoms with van der Waals surface area (Å²) in [6.07, 6.45) is 9.32. The Bertz CT molecular complexity index is 941. The van der Waals surface area contributed by atoms with Crippen LogP contribution in [-0.2, 0) is 4.79 Å². The van der Waals surface area contributed by atoms with Gasteiger partial charge in [0.25, 0.3) is 0 Å². The Kier molecular flexibility index (Phi) is 5.56. The van der Waals surface area contributed by atoms with Crippen LogP contribution in [0.4, 0.5) is 0 Å². The number of hydrogen-bond acceptors (Lipinski definition) is 4. The number of aliphatic hydroxyl groups is 3. The molecule has 5 aliphatic carbocycles. The lowest BCUT2D eigenvalue weighted by atomic mass is 9.33. The van der Waals surface area contributed by atoms with Gasteiger partial charge in [-0.2, -0.15) is 0 Å². The molecule has 0 aromatic heterocycles. The van der Waals surface area contributed by atoms with Gasteiger partial charge in [-0.3, -0.25) is 4.79 Å². The lowest BCUT2D eigenvalue weighted by Gasteiger charge is -2.71. The van der Waals surface area contributed by atoms with Crippen molar-refractivity contribution < 1.29 is 25.2 Å². The van der Waals surface area contributed by atoms with Crippen LogP contribution >= 0.6 is 0 Å². The Morgan fingerprint density at radius 3 is 2.29 bits per heavy atom. The Morgan fingerprint density at radius 1 is 0.971 bits per heavy atom. The normalized spacial score (nSPS) is 57.7. The van der Waals surface area contributed by atoms with Crippen molar-refractivity contribution in [3.8, 4) is 0 Å². The fourth-order valence-electron chi connectivity index (χ4n) is 10.9. The van der Waals surface area contributed by atoms with Crippen LogP contribution in [0.15, 0.2) is 11.6 Å². The van der Waals surface area contributed by atoms with Gasteiger partial charge in [-0.15, -0.1) is 0 Å². The summed E-state index contributed by atoms with van der Waals surface area (Å²) in [5, 5.41) is 43.8. The van der Waals surface area contributed by atoms with Crippen molar-refractivity contribution in [1.82, 2.24) is 0 Å². The molecule has 0 spiro atoms. The second kappa shape index (κ2) is 7.57. The summed E-state index contributed by atoms with van der Waals surface area (Å²) in [5.74, 6) is -0.356. The number of aliphatic hydroxyl groups excluding tert-OH is 2. The number of aliphatic carboxylic acids is 1. The molecule has 4 fully saturated rings. The Morgan fingerprint density at radius 2 is 1.66 bits per heavy atom. The number of hydrogen-bond donors (Lipinski definition) is 4. The van der Waals surface area contributed by atoms with Gasteiger partial charge in [0.1, 0.15) is 0 Å². The van der Waals surface area contributed by atoms with Crippen LogP contribution in [0.1, 0.15) is 99.3 Å². The summed E-state index contributed by atoms with van der Waals surface area (Å²) in [5.41, 5.74) is -1.35. The third-order valence-corrected chi connectivity index (χ3v) is 13.6. The Balaban J connectivity index is 1.64. The molecule has 4 N–H and O–H groups in total. The maximum Gasteiger partial charge on any atom is 0.310 e. The molecule has 5 heteroatoms. The minimum Gasteiger partial charge on any atom is -0.481 e. The minimum absolute atomic E-state index is 0.0115. The molecule has 3 unspecified atom stereocenters. The molecular weight excluding hydrogens is 440 g/mol. The fourth-order valence-corrected chi connectivity index (χ4v) is 10.9. The van der Waals surface area contributed by atoms with Gasteiger partial charge in [0.15, 0.2) is 0 Å². The molecule has 4 saturated carbocycles. The van der Waals surface area contributed by atoms with E-state index in [0.29, 0.717) is 18.8 Å². The summed E-state index contributed by atoms with van der Waals surface area (Å²) >= 11 is 0. The number of carboxylic acids is 1. The highest BCUT2D eigenvalue weighted by atomic mass is 16.4. The van der Waals surface area contributed by atoms with E-state index in [0.717, 1.165) is 44.9 Å². The van der Waals surface area contributed by atoms with Crippen LogP contribution in [-0.4, -0.2) is 44.7 Å². The molecule has 0 radical (unpaired) electrons. The Hall–Kier alpha value is -0.910. The molecule has 0 amide bonds. The summed E-state index contributed by atoms with van der Waals surface area (Å²) < 4.78 is 0. The molecule has 198 valence electrons. The highest BCUT2D eigenvalue weighted by Gasteiger charge is 2.71. The highest BCUT2D eigenvalue weighted by Crippen LogP contribution is 2.76. The van der Waals surface area contributed by atoms with Crippen molar-refractivity contribution in [1.29, 1.82) is 0 Å². The summed E-state index contributed by atoms with van der Waals surface area (Å²) in [6, 6.07) is 0. The molecule has 0 aliphatic heterocycles. The predicted molar refractivity (Wildman–Crippen MR) is 135 cm³/mol. The third-order valence-electron chi connectivity index (χ3n) is 13.6. The second-order valence-corrected chi connectivity index (χ2v) is 14.6. The third kappa shape index (κ3) is 2.90. The van der Waals surface area contributed by atoms with E-state index in [1.54, 1.807) is 0 Å². The average Bonchev–Trinajstić information content (AvgIpc) is 2.79. The lowest BCUT2D eigenvalue weighted by Crippen LogP contribution is -2.68. The van der Waals surface area contributed by atoms with Gasteiger partial charge in [0.05, 0.1) is 23.7 Å². The van der Waals surface area contributed by atoms with Crippen LogP contribution in [0.5, 0.6) is 0 Å². The van der Waals surface area contributed by atoms with Gasteiger partial charge in [-0.1, -0.05) is 46.3 Å². The topological polar surface area (TPSA) is 98.0 Å². The zero-order valence-electron chi connectivity index (χ0n) is 22.7. The molecule has 0 aromatic rings. The first-order valence-corrected chi connectivity index (χ1v) is 14.1. The summed E-state index contributed by atoms with van der Waals surface area (Å²) in [6.45, 7) is 13.3. The molecule has 0 aromatic carbocycles. The number of allylic oxidation sites excluding steroid dienone is 1. The first-order chi connectivity index (χ1) is 16.1. The van der Waals surface area contributed by atoms with Gasteiger partial charge in [0, 0.05) is 11.3 Å². The van der Waals surface area contributed by atoms with Crippen molar-refractivity contribution >= 4 is 5.97 Å². The standard InChI is InChI=1S/C30H48O5/c1-18-9-14-30(24(33)34)16-15-27(4)19(23(30)29(18,6)35)7-8-21-25(2)12-11-22(32)26(3,17-31)20(25)10-13-28(21,27)5/h7,18,20-23,31-32,35H,8-17H2,1-6H3,(H,33,34)/t18-,20?,21?,22+,23?,25+,26+,27-,28-,29-,30+/m1/s1. The van der Waals surface area contributed by atoms with E-state index in [9.17, 15) is 25.2 Å². The van der Waals surface area contributed by atoms with Crippen LogP contribution < -0.4 is 0 Å². The smallest absolute Gasteiger partial charge is 0.310 e. The quantitative estimate of drug-likeness (QED) is 0.402. The van der Waals surface area contributed by atoms with E-state index in [-0.39, 0.29) is 40.6 Å². The molecular formula is C30H48O5. The lowest BCUT2D eigenvalue weighted by molar-refractivity contribution is -0.225.